The number of carbonyl (C=O) groups excluding carboxylic acids is 1. The standard InChI is InChI=1S/C23H46O/c1-4-7-9-10-11-12-13-14-15-16-17-19-23(24)21-20-22(6-3)18-8-5-2/h22H,4-21H2,1-3H3. The topological polar surface area (TPSA) is 17.1 Å². The van der Waals surface area contributed by atoms with Crippen LogP contribution in [0, 0.1) is 5.92 Å². The van der Waals surface area contributed by atoms with Crippen molar-refractivity contribution in [1.29, 1.82) is 0 Å². The number of ketones is 1. The van der Waals surface area contributed by atoms with Crippen molar-refractivity contribution in [1.82, 2.24) is 0 Å². The van der Waals surface area contributed by atoms with Gasteiger partial charge in [-0.15, -0.1) is 0 Å². The molecule has 0 aliphatic heterocycles. The molecule has 0 aliphatic rings. The first-order valence-corrected chi connectivity index (χ1v) is 11.3. The minimum absolute atomic E-state index is 0.515. The third-order valence-electron chi connectivity index (χ3n) is 5.43. The van der Waals surface area contributed by atoms with Crippen molar-refractivity contribution in [2.75, 3.05) is 0 Å². The summed E-state index contributed by atoms with van der Waals surface area (Å²) in [6, 6.07) is 0. The van der Waals surface area contributed by atoms with Gasteiger partial charge in [-0.25, -0.2) is 0 Å². The molecule has 0 radical (unpaired) electrons. The van der Waals surface area contributed by atoms with E-state index in [1.54, 1.807) is 0 Å². The van der Waals surface area contributed by atoms with E-state index in [1.807, 2.05) is 0 Å². The molecule has 0 saturated carbocycles. The molecule has 0 N–H and O–H groups in total. The molecule has 24 heavy (non-hydrogen) atoms. The van der Waals surface area contributed by atoms with Crippen molar-refractivity contribution in [2.45, 2.75) is 136 Å². The van der Waals surface area contributed by atoms with E-state index in [0.29, 0.717) is 5.78 Å². The Morgan fingerprint density at radius 2 is 1.08 bits per heavy atom. The van der Waals surface area contributed by atoms with Crippen LogP contribution >= 0.6 is 0 Å². The average molecular weight is 339 g/mol. The molecule has 0 aromatic rings. The Balaban J connectivity index is 3.33. The van der Waals surface area contributed by atoms with E-state index in [0.717, 1.165) is 31.6 Å². The Morgan fingerprint density at radius 1 is 0.583 bits per heavy atom. The van der Waals surface area contributed by atoms with Gasteiger partial charge >= 0.3 is 0 Å². The summed E-state index contributed by atoms with van der Waals surface area (Å²) in [5.41, 5.74) is 0. The molecule has 1 unspecified atom stereocenters. The summed E-state index contributed by atoms with van der Waals surface area (Å²) in [4.78, 5) is 12.0. The zero-order valence-electron chi connectivity index (χ0n) is 17.2. The van der Waals surface area contributed by atoms with E-state index in [2.05, 4.69) is 20.8 Å². The fourth-order valence-electron chi connectivity index (χ4n) is 3.52. The van der Waals surface area contributed by atoms with Crippen molar-refractivity contribution in [3.8, 4) is 0 Å². The van der Waals surface area contributed by atoms with Gasteiger partial charge in [-0.2, -0.15) is 0 Å². The van der Waals surface area contributed by atoms with E-state index in [-0.39, 0.29) is 0 Å². The predicted octanol–water partition coefficient (Wildman–Crippen LogP) is 8.25. The van der Waals surface area contributed by atoms with Gasteiger partial charge in [0.2, 0.25) is 0 Å². The molecule has 0 rings (SSSR count). The van der Waals surface area contributed by atoms with Crippen molar-refractivity contribution < 1.29 is 4.79 Å². The molecule has 144 valence electrons. The summed E-state index contributed by atoms with van der Waals surface area (Å²) in [6.45, 7) is 6.80. The molecule has 0 heterocycles. The highest BCUT2D eigenvalue weighted by Crippen LogP contribution is 2.19. The minimum Gasteiger partial charge on any atom is -0.300 e. The molecule has 1 heteroatoms. The highest BCUT2D eigenvalue weighted by Gasteiger charge is 2.09. The summed E-state index contributed by atoms with van der Waals surface area (Å²) in [7, 11) is 0. The number of hydrogen-bond donors (Lipinski definition) is 0. The maximum Gasteiger partial charge on any atom is 0.132 e. The molecule has 0 fully saturated rings. The van der Waals surface area contributed by atoms with Crippen LogP contribution in [0.15, 0.2) is 0 Å². The summed E-state index contributed by atoms with van der Waals surface area (Å²) in [6.07, 6.45) is 22.9. The van der Waals surface area contributed by atoms with Crippen LogP contribution in [0.4, 0.5) is 0 Å². The molecule has 0 amide bonds. The lowest BCUT2D eigenvalue weighted by Crippen LogP contribution is -2.04. The van der Waals surface area contributed by atoms with Crippen LogP contribution in [0.25, 0.3) is 0 Å². The number of hydrogen-bond acceptors (Lipinski definition) is 1. The van der Waals surface area contributed by atoms with E-state index < -0.39 is 0 Å². The van der Waals surface area contributed by atoms with Gasteiger partial charge in [0.15, 0.2) is 0 Å². The third-order valence-corrected chi connectivity index (χ3v) is 5.43. The second-order valence-corrected chi connectivity index (χ2v) is 7.78. The quantitative estimate of drug-likeness (QED) is 0.217. The monoisotopic (exact) mass is 338 g/mol. The van der Waals surface area contributed by atoms with Gasteiger partial charge in [-0.05, 0) is 18.8 Å². The molecule has 0 aromatic heterocycles. The number of carbonyl (C=O) groups is 1. The molecule has 0 aromatic carbocycles. The number of unbranched alkanes of at least 4 members (excludes halogenated alkanes) is 11. The number of rotatable bonds is 19. The van der Waals surface area contributed by atoms with Crippen molar-refractivity contribution in [3.05, 3.63) is 0 Å². The lowest BCUT2D eigenvalue weighted by atomic mass is 9.92. The van der Waals surface area contributed by atoms with Crippen molar-refractivity contribution in [2.24, 2.45) is 5.92 Å². The zero-order valence-corrected chi connectivity index (χ0v) is 17.2. The van der Waals surface area contributed by atoms with Crippen LogP contribution in [-0.2, 0) is 4.79 Å². The van der Waals surface area contributed by atoms with Gasteiger partial charge in [-0.3, -0.25) is 4.79 Å². The van der Waals surface area contributed by atoms with Crippen LogP contribution in [-0.4, -0.2) is 5.78 Å². The molecular weight excluding hydrogens is 292 g/mol. The maximum atomic E-state index is 12.0. The molecular formula is C23H46O. The third kappa shape index (κ3) is 16.5. The minimum atomic E-state index is 0.515. The largest absolute Gasteiger partial charge is 0.300 e. The summed E-state index contributed by atoms with van der Waals surface area (Å²) < 4.78 is 0. The van der Waals surface area contributed by atoms with Crippen LogP contribution in [0.2, 0.25) is 0 Å². The fourth-order valence-corrected chi connectivity index (χ4v) is 3.52. The molecule has 0 spiro atoms. The Kier molecular flexibility index (Phi) is 18.7. The van der Waals surface area contributed by atoms with E-state index in [4.69, 9.17) is 0 Å². The summed E-state index contributed by atoms with van der Waals surface area (Å²) in [5, 5.41) is 0. The first kappa shape index (κ1) is 23.7. The Labute approximate surface area is 153 Å². The molecule has 0 aliphatic carbocycles. The Hall–Kier alpha value is -0.330. The average Bonchev–Trinajstić information content (AvgIpc) is 2.59. The van der Waals surface area contributed by atoms with E-state index >= 15 is 0 Å². The van der Waals surface area contributed by atoms with Crippen molar-refractivity contribution >= 4 is 5.78 Å². The van der Waals surface area contributed by atoms with Gasteiger partial charge in [0.05, 0.1) is 0 Å². The SMILES string of the molecule is CCCCCCCCCCCCCC(=O)CCC(CC)CCCC. The first-order valence-electron chi connectivity index (χ1n) is 11.3. The lowest BCUT2D eigenvalue weighted by Gasteiger charge is -2.13. The van der Waals surface area contributed by atoms with E-state index in [1.165, 1.54) is 89.9 Å². The molecule has 1 nitrogen and oxygen atoms in total. The zero-order chi connectivity index (χ0) is 17.9. The van der Waals surface area contributed by atoms with Crippen LogP contribution < -0.4 is 0 Å². The van der Waals surface area contributed by atoms with Gasteiger partial charge in [0.25, 0.3) is 0 Å². The highest BCUT2D eigenvalue weighted by atomic mass is 16.1. The Morgan fingerprint density at radius 3 is 1.58 bits per heavy atom. The van der Waals surface area contributed by atoms with Crippen LogP contribution in [0.5, 0.6) is 0 Å². The maximum absolute atomic E-state index is 12.0. The molecule has 0 bridgehead atoms. The summed E-state index contributed by atoms with van der Waals surface area (Å²) >= 11 is 0. The highest BCUT2D eigenvalue weighted by molar-refractivity contribution is 5.78. The van der Waals surface area contributed by atoms with Gasteiger partial charge in [-0.1, -0.05) is 111 Å². The van der Waals surface area contributed by atoms with Gasteiger partial charge in [0.1, 0.15) is 5.78 Å². The second-order valence-electron chi connectivity index (χ2n) is 7.78. The predicted molar refractivity (Wildman–Crippen MR) is 109 cm³/mol. The summed E-state index contributed by atoms with van der Waals surface area (Å²) in [5.74, 6) is 1.30. The normalized spacial score (nSPS) is 12.5. The van der Waals surface area contributed by atoms with Gasteiger partial charge in [0, 0.05) is 12.8 Å². The smallest absolute Gasteiger partial charge is 0.132 e. The number of Topliss-reactive ketones (excluding diaryl/α,β-unsaturated/α-hetero) is 1. The van der Waals surface area contributed by atoms with Crippen LogP contribution in [0.3, 0.4) is 0 Å². The Bertz CT molecular complexity index is 259. The molecule has 0 saturated heterocycles. The second kappa shape index (κ2) is 19.0. The fraction of sp³-hybridized carbons (Fsp3) is 0.957. The first-order chi connectivity index (χ1) is 11.7. The van der Waals surface area contributed by atoms with Gasteiger partial charge < -0.3 is 0 Å². The van der Waals surface area contributed by atoms with E-state index in [9.17, 15) is 4.79 Å². The van der Waals surface area contributed by atoms with Crippen LogP contribution in [0.1, 0.15) is 136 Å². The lowest BCUT2D eigenvalue weighted by molar-refractivity contribution is -0.119. The molecule has 1 atom stereocenters. The van der Waals surface area contributed by atoms with Crippen molar-refractivity contribution in [3.63, 3.8) is 0 Å².